The number of halogens is 3. The summed E-state index contributed by atoms with van der Waals surface area (Å²) in [5.74, 6) is -0.961. The normalized spacial score (nSPS) is 16.1. The zero-order chi connectivity index (χ0) is 26.1. The average molecular weight is 525 g/mol. The number of hydrogen-bond acceptors (Lipinski definition) is 7. The molecule has 0 bridgehead atoms. The average Bonchev–Trinajstić information content (AvgIpc) is 2.84. The third-order valence-corrected chi connectivity index (χ3v) is 7.27. The van der Waals surface area contributed by atoms with E-state index in [1.54, 1.807) is 13.0 Å². The summed E-state index contributed by atoms with van der Waals surface area (Å²) in [5.41, 5.74) is 1.01. The van der Waals surface area contributed by atoms with Gasteiger partial charge in [-0.2, -0.15) is 13.2 Å². The van der Waals surface area contributed by atoms with Gasteiger partial charge in [-0.3, -0.25) is 4.90 Å². The van der Waals surface area contributed by atoms with Gasteiger partial charge in [0.15, 0.2) is 0 Å². The van der Waals surface area contributed by atoms with Crippen LogP contribution in [0.1, 0.15) is 31.7 Å². The van der Waals surface area contributed by atoms with Crippen LogP contribution in [0.3, 0.4) is 0 Å². The number of benzene rings is 2. The number of nitrogens with zero attached hydrogens (tertiary/aromatic N) is 3. The van der Waals surface area contributed by atoms with Crippen LogP contribution in [-0.2, 0) is 11.0 Å². The second-order valence-electron chi connectivity index (χ2n) is 8.78. The standard InChI is InChI=1S/C22H26F3N3OS.C4H8O2/c23-22(24,25)17-6-7-21-19(16-17)28(18-4-1-2-5-20(18)30-21)9-3-8-26-10-12-27(13-11-26)14-15-29;1-2-3-4(5)6/h1-2,4-7,16,29H,3,8-15H2;2-3H2,1H3,(H,5,6)/p-1. The first-order chi connectivity index (χ1) is 17.2. The number of para-hydroxylation sites is 1. The van der Waals surface area contributed by atoms with Crippen molar-refractivity contribution in [3.8, 4) is 0 Å². The summed E-state index contributed by atoms with van der Waals surface area (Å²) in [7, 11) is 0. The maximum absolute atomic E-state index is 13.3. The molecule has 0 aliphatic carbocycles. The van der Waals surface area contributed by atoms with Crippen LogP contribution in [0.25, 0.3) is 0 Å². The molecule has 0 aromatic heterocycles. The number of piperazine rings is 1. The Balaban J connectivity index is 0.000000538. The van der Waals surface area contributed by atoms with Gasteiger partial charge in [0.2, 0.25) is 0 Å². The van der Waals surface area contributed by atoms with Gasteiger partial charge >= 0.3 is 6.18 Å². The van der Waals surface area contributed by atoms with Gasteiger partial charge in [0.25, 0.3) is 0 Å². The highest BCUT2D eigenvalue weighted by molar-refractivity contribution is 7.99. The van der Waals surface area contributed by atoms with E-state index in [4.69, 9.17) is 5.11 Å². The number of β-amino-alcohol motifs (C(OH)–C–C–N with tert-alkyl or cyclic N) is 1. The van der Waals surface area contributed by atoms with E-state index in [9.17, 15) is 23.1 Å². The van der Waals surface area contributed by atoms with Gasteiger partial charge in [-0.05, 0) is 49.7 Å². The van der Waals surface area contributed by atoms with Crippen molar-refractivity contribution >= 4 is 29.1 Å². The summed E-state index contributed by atoms with van der Waals surface area (Å²) < 4.78 is 39.9. The SMILES string of the molecule is CCCC(=O)[O-].OCCN1CCN(CCCN2c3ccccc3Sc3ccc(C(F)(F)F)cc32)CC1. The first kappa shape index (κ1) is 28.3. The Hall–Kier alpha value is -2.27. The molecule has 0 spiro atoms. The van der Waals surface area contributed by atoms with Crippen molar-refractivity contribution in [3.05, 3.63) is 48.0 Å². The zero-order valence-corrected chi connectivity index (χ0v) is 21.3. The monoisotopic (exact) mass is 524 g/mol. The van der Waals surface area contributed by atoms with Crippen LogP contribution in [0.15, 0.2) is 52.3 Å². The Kier molecular flexibility index (Phi) is 10.5. The highest BCUT2D eigenvalue weighted by atomic mass is 32.2. The summed E-state index contributed by atoms with van der Waals surface area (Å²) in [6.45, 7) is 8.09. The topological polar surface area (TPSA) is 70.1 Å². The molecule has 2 aromatic carbocycles. The molecule has 0 atom stereocenters. The number of fused-ring (bicyclic) bond motifs is 2. The molecule has 10 heteroatoms. The minimum Gasteiger partial charge on any atom is -0.550 e. The van der Waals surface area contributed by atoms with Crippen LogP contribution in [-0.4, -0.2) is 73.3 Å². The van der Waals surface area contributed by atoms with Gasteiger partial charge in [-0.25, -0.2) is 0 Å². The minimum atomic E-state index is -4.35. The van der Waals surface area contributed by atoms with Crippen molar-refractivity contribution in [2.75, 3.05) is 57.3 Å². The summed E-state index contributed by atoms with van der Waals surface area (Å²) in [6, 6.07) is 11.9. The van der Waals surface area contributed by atoms with E-state index in [-0.39, 0.29) is 13.0 Å². The van der Waals surface area contributed by atoms with Gasteiger partial charge in [0.1, 0.15) is 0 Å². The van der Waals surface area contributed by atoms with E-state index in [0.717, 1.165) is 54.6 Å². The fourth-order valence-corrected chi connectivity index (χ4v) is 5.36. The maximum atomic E-state index is 13.3. The second-order valence-corrected chi connectivity index (χ2v) is 9.87. The van der Waals surface area contributed by atoms with Crippen molar-refractivity contribution in [3.63, 3.8) is 0 Å². The molecule has 0 radical (unpaired) electrons. The first-order valence-corrected chi connectivity index (χ1v) is 13.1. The van der Waals surface area contributed by atoms with Crippen molar-refractivity contribution in [2.45, 2.75) is 42.2 Å². The minimum absolute atomic E-state index is 0.181. The molecule has 4 rings (SSSR count). The molecule has 36 heavy (non-hydrogen) atoms. The van der Waals surface area contributed by atoms with Crippen LogP contribution >= 0.6 is 11.8 Å². The smallest absolute Gasteiger partial charge is 0.416 e. The van der Waals surface area contributed by atoms with Crippen LogP contribution in [0.2, 0.25) is 0 Å². The Morgan fingerprint density at radius 3 is 2.19 bits per heavy atom. The van der Waals surface area contributed by atoms with E-state index < -0.39 is 17.7 Å². The fourth-order valence-electron chi connectivity index (χ4n) is 4.28. The van der Waals surface area contributed by atoms with Gasteiger partial charge in [0.05, 0.1) is 23.5 Å². The third kappa shape index (κ3) is 7.86. The molecular formula is C26H33F3N3O3S-. The van der Waals surface area contributed by atoms with Crippen molar-refractivity contribution < 1.29 is 28.2 Å². The largest absolute Gasteiger partial charge is 0.550 e. The van der Waals surface area contributed by atoms with Gasteiger partial charge in [-0.15, -0.1) is 0 Å². The molecule has 0 unspecified atom stereocenters. The highest BCUT2D eigenvalue weighted by Crippen LogP contribution is 2.49. The molecule has 2 aliphatic rings. The van der Waals surface area contributed by atoms with Gasteiger partial charge in [0, 0.05) is 55.0 Å². The van der Waals surface area contributed by atoms with E-state index in [0.29, 0.717) is 25.2 Å². The molecule has 198 valence electrons. The second kappa shape index (κ2) is 13.3. The van der Waals surface area contributed by atoms with Gasteiger partial charge in [-0.1, -0.05) is 37.2 Å². The Morgan fingerprint density at radius 2 is 1.61 bits per heavy atom. The van der Waals surface area contributed by atoms with E-state index >= 15 is 0 Å². The first-order valence-electron chi connectivity index (χ1n) is 12.2. The maximum Gasteiger partial charge on any atom is 0.416 e. The van der Waals surface area contributed by atoms with Crippen LogP contribution in [0, 0.1) is 0 Å². The number of anilines is 2. The van der Waals surface area contributed by atoms with E-state index in [1.807, 2.05) is 29.2 Å². The molecule has 2 aromatic rings. The lowest BCUT2D eigenvalue weighted by Crippen LogP contribution is -2.47. The molecule has 1 saturated heterocycles. The van der Waals surface area contributed by atoms with Gasteiger partial charge < -0.3 is 24.8 Å². The molecular weight excluding hydrogens is 491 g/mol. The highest BCUT2D eigenvalue weighted by Gasteiger charge is 2.33. The predicted molar refractivity (Wildman–Crippen MR) is 134 cm³/mol. The van der Waals surface area contributed by atoms with Crippen LogP contribution in [0.4, 0.5) is 24.5 Å². The lowest BCUT2D eigenvalue weighted by Gasteiger charge is -2.36. The molecule has 6 nitrogen and oxygen atoms in total. The molecule has 1 fully saturated rings. The summed E-state index contributed by atoms with van der Waals surface area (Å²) in [4.78, 5) is 18.1. The fraction of sp³-hybridized carbons (Fsp3) is 0.500. The summed E-state index contributed by atoms with van der Waals surface area (Å²) >= 11 is 1.53. The molecule has 0 saturated carbocycles. The number of carboxylic acids is 1. The molecule has 2 heterocycles. The number of carbonyl (C=O) groups is 1. The summed E-state index contributed by atoms with van der Waals surface area (Å²) in [6.07, 6.45) is -2.63. The number of aliphatic hydroxyl groups excluding tert-OH is 1. The van der Waals surface area contributed by atoms with E-state index in [1.165, 1.54) is 23.9 Å². The number of rotatable bonds is 8. The zero-order valence-electron chi connectivity index (χ0n) is 20.5. The Bertz CT molecular complexity index is 998. The number of hydrogen-bond donors (Lipinski definition) is 1. The number of carbonyl (C=O) groups excluding carboxylic acids is 1. The van der Waals surface area contributed by atoms with Crippen molar-refractivity contribution in [1.82, 2.24) is 9.80 Å². The third-order valence-electron chi connectivity index (χ3n) is 6.14. The Labute approximate surface area is 214 Å². The predicted octanol–water partition coefficient (Wildman–Crippen LogP) is 3.84. The quantitative estimate of drug-likeness (QED) is 0.563. The van der Waals surface area contributed by atoms with E-state index in [2.05, 4.69) is 9.80 Å². The lowest BCUT2D eigenvalue weighted by molar-refractivity contribution is -0.305. The van der Waals surface area contributed by atoms with Crippen LogP contribution in [0.5, 0.6) is 0 Å². The molecule has 0 amide bonds. The lowest BCUT2D eigenvalue weighted by atomic mass is 10.1. The van der Waals surface area contributed by atoms with Crippen molar-refractivity contribution in [1.29, 1.82) is 0 Å². The van der Waals surface area contributed by atoms with Crippen molar-refractivity contribution in [2.24, 2.45) is 0 Å². The number of alkyl halides is 3. The number of carboxylic acid groups (broad SMARTS) is 1. The number of aliphatic hydroxyl groups is 1. The van der Waals surface area contributed by atoms with Crippen LogP contribution < -0.4 is 10.0 Å². The Morgan fingerprint density at radius 1 is 0.972 bits per heavy atom. The number of aliphatic carboxylic acids is 1. The molecule has 1 N–H and O–H groups in total. The summed E-state index contributed by atoms with van der Waals surface area (Å²) in [5, 5.41) is 18.6. The molecule has 2 aliphatic heterocycles.